The first kappa shape index (κ1) is 26.3. The number of furan rings is 1. The smallest absolute Gasteiger partial charge is 0.143 e. The third-order valence-corrected chi connectivity index (χ3v) is 8.99. The Morgan fingerprint density at radius 1 is 0.370 bits per heavy atom. The van der Waals surface area contributed by atoms with Gasteiger partial charge < -0.3 is 9.32 Å². The molecule has 216 valence electrons. The third-order valence-electron chi connectivity index (χ3n) is 8.99. The van der Waals surface area contributed by atoms with Gasteiger partial charge in [0.25, 0.3) is 0 Å². The fourth-order valence-corrected chi connectivity index (χ4v) is 6.90. The molecule has 2 heteroatoms. The summed E-state index contributed by atoms with van der Waals surface area (Å²) < 4.78 is 6.68. The van der Waals surface area contributed by atoms with Crippen molar-refractivity contribution in [3.05, 3.63) is 176 Å². The average molecular weight is 588 g/mol. The van der Waals surface area contributed by atoms with Crippen LogP contribution in [0.2, 0.25) is 0 Å². The zero-order valence-corrected chi connectivity index (χ0v) is 25.1. The van der Waals surface area contributed by atoms with E-state index in [4.69, 9.17) is 4.42 Å². The van der Waals surface area contributed by atoms with Crippen LogP contribution in [-0.4, -0.2) is 0 Å². The molecule has 0 saturated carbocycles. The SMILES string of the molecule is c1ccc(N(c2ccccc2)c2cccc(-c3cccc(-c4cc5ccc6ccccc6c5c5c4oc4ccccc45)c3)c2)cc1. The summed E-state index contributed by atoms with van der Waals surface area (Å²) in [4.78, 5) is 2.30. The molecule has 0 atom stereocenters. The lowest BCUT2D eigenvalue weighted by molar-refractivity contribution is 0.670. The lowest BCUT2D eigenvalue weighted by Gasteiger charge is -2.26. The number of fused-ring (bicyclic) bond motifs is 7. The summed E-state index contributed by atoms with van der Waals surface area (Å²) in [6.45, 7) is 0. The Bertz CT molecular complexity index is 2490. The van der Waals surface area contributed by atoms with E-state index in [9.17, 15) is 0 Å². The van der Waals surface area contributed by atoms with Gasteiger partial charge in [0.1, 0.15) is 11.2 Å². The molecule has 0 N–H and O–H groups in total. The van der Waals surface area contributed by atoms with E-state index in [1.165, 1.54) is 26.9 Å². The van der Waals surface area contributed by atoms with Crippen molar-refractivity contribution in [3.8, 4) is 22.3 Å². The maximum Gasteiger partial charge on any atom is 0.143 e. The van der Waals surface area contributed by atoms with Gasteiger partial charge in [-0.3, -0.25) is 0 Å². The monoisotopic (exact) mass is 587 g/mol. The van der Waals surface area contributed by atoms with E-state index in [1.807, 2.05) is 6.07 Å². The predicted octanol–water partition coefficient (Wildman–Crippen LogP) is 12.7. The van der Waals surface area contributed by atoms with Crippen LogP contribution < -0.4 is 4.90 Å². The van der Waals surface area contributed by atoms with Crippen LogP contribution in [0.3, 0.4) is 0 Å². The lowest BCUT2D eigenvalue weighted by atomic mass is 9.92. The van der Waals surface area contributed by atoms with Crippen molar-refractivity contribution >= 4 is 60.5 Å². The second-order valence-electron chi connectivity index (χ2n) is 11.7. The van der Waals surface area contributed by atoms with Gasteiger partial charge in [-0.2, -0.15) is 0 Å². The summed E-state index contributed by atoms with van der Waals surface area (Å²) in [6, 6.07) is 62.5. The molecular formula is C44H29NO. The van der Waals surface area contributed by atoms with Gasteiger partial charge >= 0.3 is 0 Å². The molecule has 9 rings (SSSR count). The second-order valence-corrected chi connectivity index (χ2v) is 11.7. The fourth-order valence-electron chi connectivity index (χ4n) is 6.90. The highest BCUT2D eigenvalue weighted by Gasteiger charge is 2.19. The Labute approximate surface area is 267 Å². The van der Waals surface area contributed by atoms with Crippen molar-refractivity contribution in [2.45, 2.75) is 0 Å². The first-order valence-corrected chi connectivity index (χ1v) is 15.7. The molecule has 0 aliphatic carbocycles. The number of para-hydroxylation sites is 3. The van der Waals surface area contributed by atoms with Gasteiger partial charge in [-0.05, 0) is 87.4 Å². The number of rotatable bonds is 5. The molecule has 0 unspecified atom stereocenters. The molecule has 9 aromatic rings. The van der Waals surface area contributed by atoms with Gasteiger partial charge in [0.2, 0.25) is 0 Å². The van der Waals surface area contributed by atoms with Crippen molar-refractivity contribution in [2.24, 2.45) is 0 Å². The highest BCUT2D eigenvalue weighted by Crippen LogP contribution is 2.44. The van der Waals surface area contributed by atoms with Crippen molar-refractivity contribution < 1.29 is 4.42 Å². The van der Waals surface area contributed by atoms with E-state index in [0.29, 0.717) is 0 Å². The normalized spacial score (nSPS) is 11.5. The molecule has 1 aromatic heterocycles. The summed E-state index contributed by atoms with van der Waals surface area (Å²) in [6.07, 6.45) is 0. The molecule has 2 nitrogen and oxygen atoms in total. The minimum absolute atomic E-state index is 0.907. The molecule has 1 heterocycles. The van der Waals surface area contributed by atoms with Crippen LogP contribution in [0.5, 0.6) is 0 Å². The largest absolute Gasteiger partial charge is 0.455 e. The second kappa shape index (κ2) is 10.8. The van der Waals surface area contributed by atoms with Gasteiger partial charge in [-0.25, -0.2) is 0 Å². The van der Waals surface area contributed by atoms with E-state index < -0.39 is 0 Å². The van der Waals surface area contributed by atoms with E-state index in [1.54, 1.807) is 0 Å². The Hall–Kier alpha value is -6.12. The summed E-state index contributed by atoms with van der Waals surface area (Å²) in [7, 11) is 0. The quantitative estimate of drug-likeness (QED) is 0.186. The summed E-state index contributed by atoms with van der Waals surface area (Å²) in [5, 5.41) is 7.25. The molecule has 8 aromatic carbocycles. The van der Waals surface area contributed by atoms with Gasteiger partial charge in [0.05, 0.1) is 0 Å². The van der Waals surface area contributed by atoms with Crippen molar-refractivity contribution in [1.29, 1.82) is 0 Å². The average Bonchev–Trinajstić information content (AvgIpc) is 3.52. The Morgan fingerprint density at radius 3 is 1.74 bits per heavy atom. The zero-order valence-electron chi connectivity index (χ0n) is 25.1. The van der Waals surface area contributed by atoms with Gasteiger partial charge in [-0.1, -0.05) is 121 Å². The summed E-state index contributed by atoms with van der Waals surface area (Å²) >= 11 is 0. The highest BCUT2D eigenvalue weighted by molar-refractivity contribution is 6.29. The van der Waals surface area contributed by atoms with E-state index in [0.717, 1.165) is 55.9 Å². The van der Waals surface area contributed by atoms with Crippen LogP contribution in [-0.2, 0) is 0 Å². The maximum atomic E-state index is 6.68. The topological polar surface area (TPSA) is 16.4 Å². The predicted molar refractivity (Wildman–Crippen MR) is 194 cm³/mol. The molecule has 0 aliphatic heterocycles. The molecule has 0 bridgehead atoms. The standard InChI is InChI=1S/C44H29NO/c1-3-17-35(18-4-1)45(36-19-5-2-6-20-36)37-21-12-15-32(28-37)31-14-11-16-33(27-31)40-29-34-26-25-30-13-7-8-22-38(30)42(34)43-39-23-9-10-24-41(39)46-44(40)43/h1-29H. The van der Waals surface area contributed by atoms with Crippen LogP contribution >= 0.6 is 0 Å². The van der Waals surface area contributed by atoms with Crippen LogP contribution in [0.25, 0.3) is 65.7 Å². The van der Waals surface area contributed by atoms with Gasteiger partial charge in [0.15, 0.2) is 0 Å². The first-order valence-electron chi connectivity index (χ1n) is 15.7. The molecule has 0 radical (unpaired) electrons. The zero-order chi connectivity index (χ0) is 30.5. The van der Waals surface area contributed by atoms with Gasteiger partial charge in [-0.15, -0.1) is 0 Å². The fraction of sp³-hybridized carbons (Fsp3) is 0. The third kappa shape index (κ3) is 4.35. The van der Waals surface area contributed by atoms with Crippen LogP contribution in [0, 0.1) is 0 Å². The number of hydrogen-bond acceptors (Lipinski definition) is 2. The molecule has 0 fully saturated rings. The van der Waals surface area contributed by atoms with Gasteiger partial charge in [0, 0.05) is 38.8 Å². The maximum absolute atomic E-state index is 6.68. The molecule has 0 amide bonds. The molecule has 0 spiro atoms. The van der Waals surface area contributed by atoms with Crippen LogP contribution in [0.15, 0.2) is 180 Å². The Morgan fingerprint density at radius 2 is 0.957 bits per heavy atom. The number of hydrogen-bond donors (Lipinski definition) is 0. The minimum atomic E-state index is 0.907. The van der Waals surface area contributed by atoms with Crippen molar-refractivity contribution in [1.82, 2.24) is 0 Å². The lowest BCUT2D eigenvalue weighted by Crippen LogP contribution is -2.09. The Balaban J connectivity index is 1.22. The molecule has 46 heavy (non-hydrogen) atoms. The molecular weight excluding hydrogens is 558 g/mol. The van der Waals surface area contributed by atoms with Crippen LogP contribution in [0.4, 0.5) is 17.1 Å². The van der Waals surface area contributed by atoms with Crippen molar-refractivity contribution in [2.75, 3.05) is 4.90 Å². The Kier molecular flexibility index (Phi) is 6.17. The van der Waals surface area contributed by atoms with Crippen LogP contribution in [0.1, 0.15) is 0 Å². The van der Waals surface area contributed by atoms with Crippen molar-refractivity contribution in [3.63, 3.8) is 0 Å². The molecule has 0 saturated heterocycles. The van der Waals surface area contributed by atoms with E-state index in [-0.39, 0.29) is 0 Å². The van der Waals surface area contributed by atoms with E-state index in [2.05, 4.69) is 175 Å². The number of nitrogens with zero attached hydrogens (tertiary/aromatic N) is 1. The first-order chi connectivity index (χ1) is 22.8. The van der Waals surface area contributed by atoms with E-state index >= 15 is 0 Å². The molecule has 0 aliphatic rings. The summed E-state index contributed by atoms with van der Waals surface area (Å²) in [5.74, 6) is 0. The number of benzene rings is 8. The minimum Gasteiger partial charge on any atom is -0.455 e. The highest BCUT2D eigenvalue weighted by atomic mass is 16.3. The number of anilines is 3. The summed E-state index contributed by atoms with van der Waals surface area (Å²) in [5.41, 5.74) is 9.73.